The van der Waals surface area contributed by atoms with Gasteiger partial charge in [-0.05, 0) is 73.1 Å². The molecular weight excluding hydrogens is 396 g/mol. The van der Waals surface area contributed by atoms with Crippen LogP contribution in [0.3, 0.4) is 0 Å². The number of benzene rings is 1. The Morgan fingerprint density at radius 2 is 1.84 bits per heavy atom. The van der Waals surface area contributed by atoms with Crippen molar-refractivity contribution in [3.8, 4) is 17.5 Å². The number of hydrogen-bond acceptors (Lipinski definition) is 4. The van der Waals surface area contributed by atoms with Crippen LogP contribution >= 0.6 is 0 Å². The monoisotopic (exact) mass is 426 g/mol. The molecule has 3 heterocycles. The molecule has 0 aliphatic rings. The minimum atomic E-state index is 0.449. The lowest BCUT2D eigenvalue weighted by Crippen LogP contribution is -2.01. The number of fused-ring (bicyclic) bond motifs is 1. The number of aryl methyl sites for hydroxylation is 6. The maximum atomic E-state index is 9.05. The van der Waals surface area contributed by atoms with Gasteiger partial charge in [-0.2, -0.15) is 10.4 Å². The van der Waals surface area contributed by atoms with Crippen LogP contribution in [-0.4, -0.2) is 24.3 Å². The second kappa shape index (κ2) is 8.96. The fourth-order valence-corrected chi connectivity index (χ4v) is 4.36. The highest BCUT2D eigenvalue weighted by Gasteiger charge is 2.14. The molecule has 0 spiro atoms. The Balaban J connectivity index is 1.77. The first-order chi connectivity index (χ1) is 15.4. The highest BCUT2D eigenvalue weighted by Crippen LogP contribution is 2.28. The van der Waals surface area contributed by atoms with E-state index in [9.17, 15) is 0 Å². The van der Waals surface area contributed by atoms with Crippen LogP contribution in [0.4, 0.5) is 0 Å². The van der Waals surface area contributed by atoms with Gasteiger partial charge >= 0.3 is 0 Å². The summed E-state index contributed by atoms with van der Waals surface area (Å²) in [5, 5.41) is 14.9. The van der Waals surface area contributed by atoms with Gasteiger partial charge in [-0.1, -0.05) is 13.8 Å². The van der Waals surface area contributed by atoms with Gasteiger partial charge in [0.15, 0.2) is 0 Å². The van der Waals surface area contributed by atoms with Crippen molar-refractivity contribution < 1.29 is 0 Å². The van der Waals surface area contributed by atoms with Crippen molar-refractivity contribution in [3.05, 3.63) is 64.9 Å². The molecule has 3 aromatic heterocycles. The second-order valence-electron chi connectivity index (χ2n) is 8.85. The smallest absolute Gasteiger partial charge is 0.0948 e. The van der Waals surface area contributed by atoms with E-state index in [4.69, 9.17) is 15.3 Å². The molecule has 0 unspecified atom stereocenters. The van der Waals surface area contributed by atoms with E-state index >= 15 is 0 Å². The van der Waals surface area contributed by atoms with Crippen molar-refractivity contribution in [2.75, 3.05) is 0 Å². The Hall–Kier alpha value is -3.46. The molecule has 0 amide bonds. The molecule has 0 fully saturated rings. The van der Waals surface area contributed by atoms with E-state index in [1.54, 1.807) is 6.33 Å². The predicted octanol–water partition coefficient (Wildman–Crippen LogP) is 5.04. The quantitative estimate of drug-likeness (QED) is 0.415. The SMILES string of the molecule is Cc1cc2nc(-c3cncn3C)cc(CCc3cc(C(C)C)n(C)n3)c2cc1CCC#N. The summed E-state index contributed by atoms with van der Waals surface area (Å²) in [4.78, 5) is 9.25. The lowest BCUT2D eigenvalue weighted by molar-refractivity contribution is 0.660. The van der Waals surface area contributed by atoms with Crippen LogP contribution in [0.15, 0.2) is 36.8 Å². The van der Waals surface area contributed by atoms with Gasteiger partial charge in [-0.25, -0.2) is 9.97 Å². The molecule has 0 aliphatic heterocycles. The van der Waals surface area contributed by atoms with Crippen LogP contribution in [0.2, 0.25) is 0 Å². The first-order valence-electron chi connectivity index (χ1n) is 11.2. The van der Waals surface area contributed by atoms with Gasteiger partial charge in [0.1, 0.15) is 0 Å². The molecule has 0 radical (unpaired) electrons. The van der Waals surface area contributed by atoms with Gasteiger partial charge in [0, 0.05) is 31.6 Å². The average molecular weight is 427 g/mol. The number of nitrogens with zero attached hydrogens (tertiary/aromatic N) is 6. The predicted molar refractivity (Wildman–Crippen MR) is 127 cm³/mol. The number of pyridine rings is 1. The first-order valence-corrected chi connectivity index (χ1v) is 11.2. The van der Waals surface area contributed by atoms with Crippen molar-refractivity contribution in [2.24, 2.45) is 14.1 Å². The summed E-state index contributed by atoms with van der Waals surface area (Å²) < 4.78 is 3.99. The number of nitriles is 1. The van der Waals surface area contributed by atoms with Crippen LogP contribution in [0.1, 0.15) is 54.3 Å². The third kappa shape index (κ3) is 4.29. The van der Waals surface area contributed by atoms with E-state index in [2.05, 4.69) is 56.1 Å². The zero-order valence-electron chi connectivity index (χ0n) is 19.6. The normalized spacial score (nSPS) is 11.4. The van der Waals surface area contributed by atoms with Crippen molar-refractivity contribution in [3.63, 3.8) is 0 Å². The third-order valence-electron chi connectivity index (χ3n) is 6.15. The van der Waals surface area contributed by atoms with E-state index in [0.717, 1.165) is 47.2 Å². The molecule has 0 atom stereocenters. The van der Waals surface area contributed by atoms with Crippen LogP contribution < -0.4 is 0 Å². The molecule has 0 N–H and O–H groups in total. The van der Waals surface area contributed by atoms with Crippen LogP contribution in [0.25, 0.3) is 22.3 Å². The zero-order valence-corrected chi connectivity index (χ0v) is 19.6. The lowest BCUT2D eigenvalue weighted by Gasteiger charge is -2.13. The van der Waals surface area contributed by atoms with Gasteiger partial charge in [0.25, 0.3) is 0 Å². The minimum Gasteiger partial charge on any atom is -0.332 e. The standard InChI is InChI=1S/C26H30N6/c1-17(2)25-14-21(30-32(25)5)9-8-20-13-24(26-15-28-16-31(26)4)29-23-11-18(3)19(7-6-10-27)12-22(20)23/h11-17H,6-9H2,1-5H3. The van der Waals surface area contributed by atoms with Gasteiger partial charge in [-0.3, -0.25) is 4.68 Å². The van der Waals surface area contributed by atoms with Crippen LogP contribution in [0.5, 0.6) is 0 Å². The number of aromatic nitrogens is 5. The maximum absolute atomic E-state index is 9.05. The molecule has 6 heteroatoms. The molecule has 4 rings (SSSR count). The minimum absolute atomic E-state index is 0.449. The van der Waals surface area contributed by atoms with Crippen LogP contribution in [-0.2, 0) is 33.4 Å². The third-order valence-corrected chi connectivity index (χ3v) is 6.15. The van der Waals surface area contributed by atoms with Gasteiger partial charge in [-0.15, -0.1) is 0 Å². The Morgan fingerprint density at radius 1 is 1.03 bits per heavy atom. The molecule has 32 heavy (non-hydrogen) atoms. The molecular formula is C26H30N6. The topological polar surface area (TPSA) is 72.3 Å². The summed E-state index contributed by atoms with van der Waals surface area (Å²) in [5.41, 5.74) is 8.93. The number of hydrogen-bond donors (Lipinski definition) is 0. The molecule has 0 aliphatic carbocycles. The Labute approximate surface area is 189 Å². The number of imidazole rings is 1. The van der Waals surface area contributed by atoms with Gasteiger partial charge in [0.05, 0.1) is 41.2 Å². The van der Waals surface area contributed by atoms with E-state index < -0.39 is 0 Å². The Bertz CT molecular complexity index is 1300. The number of rotatable bonds is 7. The van der Waals surface area contributed by atoms with Gasteiger partial charge < -0.3 is 4.57 Å². The highest BCUT2D eigenvalue weighted by atomic mass is 15.3. The van der Waals surface area contributed by atoms with E-state index in [1.165, 1.54) is 22.4 Å². The summed E-state index contributed by atoms with van der Waals surface area (Å²) in [5.74, 6) is 0.449. The fraction of sp³-hybridized carbons (Fsp3) is 0.385. The largest absolute Gasteiger partial charge is 0.332 e. The first kappa shape index (κ1) is 21.8. The van der Waals surface area contributed by atoms with Crippen molar-refractivity contribution in [2.45, 2.75) is 52.4 Å². The van der Waals surface area contributed by atoms with Crippen LogP contribution in [0, 0.1) is 18.3 Å². The molecule has 0 saturated heterocycles. The van der Waals surface area contributed by atoms with E-state index in [-0.39, 0.29) is 0 Å². The van der Waals surface area contributed by atoms with Crippen molar-refractivity contribution in [1.29, 1.82) is 5.26 Å². The molecule has 0 bridgehead atoms. The molecule has 6 nitrogen and oxygen atoms in total. The van der Waals surface area contributed by atoms with Crippen molar-refractivity contribution in [1.82, 2.24) is 24.3 Å². The summed E-state index contributed by atoms with van der Waals surface area (Å²) in [7, 11) is 4.01. The van der Waals surface area contributed by atoms with Crippen molar-refractivity contribution >= 4 is 10.9 Å². The van der Waals surface area contributed by atoms with E-state index in [0.29, 0.717) is 12.3 Å². The van der Waals surface area contributed by atoms with Gasteiger partial charge in [0.2, 0.25) is 0 Å². The molecule has 1 aromatic carbocycles. The summed E-state index contributed by atoms with van der Waals surface area (Å²) >= 11 is 0. The van der Waals surface area contributed by atoms with E-state index in [1.807, 2.05) is 29.5 Å². The summed E-state index contributed by atoms with van der Waals surface area (Å²) in [6.45, 7) is 6.50. The highest BCUT2D eigenvalue weighted by molar-refractivity contribution is 5.86. The Morgan fingerprint density at radius 3 is 2.50 bits per heavy atom. The zero-order chi connectivity index (χ0) is 22.8. The summed E-state index contributed by atoms with van der Waals surface area (Å²) in [6, 6.07) is 11.1. The molecule has 164 valence electrons. The average Bonchev–Trinajstić information content (AvgIpc) is 3.35. The fourth-order valence-electron chi connectivity index (χ4n) is 4.36. The lowest BCUT2D eigenvalue weighted by atomic mass is 9.95. The molecule has 0 saturated carbocycles. The second-order valence-corrected chi connectivity index (χ2v) is 8.85. The molecule has 4 aromatic rings. The maximum Gasteiger partial charge on any atom is 0.0948 e. The summed E-state index contributed by atoms with van der Waals surface area (Å²) in [6.07, 6.45) is 6.69. The Kier molecular flexibility index (Phi) is 6.09.